The second-order valence-electron chi connectivity index (χ2n) is 8.49. The number of sulfonamides is 1. The Morgan fingerprint density at radius 1 is 1.12 bits per heavy atom. The zero-order valence-electron chi connectivity index (χ0n) is 19.0. The van der Waals surface area contributed by atoms with Crippen LogP contribution in [0.4, 0.5) is 5.69 Å². The van der Waals surface area contributed by atoms with Crippen molar-refractivity contribution in [3.63, 3.8) is 0 Å². The first-order valence-corrected chi connectivity index (χ1v) is 12.5. The fraction of sp³-hybridized carbons (Fsp3) is 0.333. The number of hydrogen-bond acceptors (Lipinski definition) is 6. The highest BCUT2D eigenvalue weighted by atomic mass is 32.2. The van der Waals surface area contributed by atoms with Crippen molar-refractivity contribution in [1.82, 2.24) is 13.9 Å². The number of fused-ring (bicyclic) bond motifs is 1. The van der Waals surface area contributed by atoms with E-state index in [1.54, 1.807) is 24.3 Å². The molecule has 1 aliphatic rings. The fourth-order valence-corrected chi connectivity index (χ4v) is 5.92. The molecule has 9 nitrogen and oxygen atoms in total. The second-order valence-corrected chi connectivity index (χ2v) is 10.4. The molecule has 1 saturated heterocycles. The first kappa shape index (κ1) is 23.8. The summed E-state index contributed by atoms with van der Waals surface area (Å²) in [5.74, 6) is -0.534. The van der Waals surface area contributed by atoms with Gasteiger partial charge in [-0.2, -0.15) is 4.31 Å². The van der Waals surface area contributed by atoms with Crippen LogP contribution in [-0.4, -0.2) is 46.6 Å². The Bertz CT molecular complexity index is 1410. The van der Waals surface area contributed by atoms with E-state index in [1.807, 2.05) is 6.92 Å². The van der Waals surface area contributed by atoms with Gasteiger partial charge in [-0.25, -0.2) is 18.2 Å². The van der Waals surface area contributed by atoms with Gasteiger partial charge >= 0.3 is 5.69 Å². The SMILES string of the molecule is CC(=O)c1ccc(NC(=O)Cn2c(=O)ncc3cc(S(=O)(=O)N4CCCC[C@H]4C)ccc32)cc1. The quantitative estimate of drug-likeness (QED) is 0.540. The molecule has 0 saturated carbocycles. The lowest BCUT2D eigenvalue weighted by Crippen LogP contribution is -2.41. The number of rotatable bonds is 6. The monoisotopic (exact) mass is 482 g/mol. The van der Waals surface area contributed by atoms with Gasteiger partial charge in [0.05, 0.1) is 10.4 Å². The van der Waals surface area contributed by atoms with Crippen LogP contribution in [0.1, 0.15) is 43.5 Å². The summed E-state index contributed by atoms with van der Waals surface area (Å²) in [5, 5.41) is 3.14. The fourth-order valence-electron chi connectivity index (χ4n) is 4.19. The van der Waals surface area contributed by atoms with Crippen LogP contribution in [0.3, 0.4) is 0 Å². The van der Waals surface area contributed by atoms with E-state index >= 15 is 0 Å². The van der Waals surface area contributed by atoms with Gasteiger partial charge in [0, 0.05) is 35.4 Å². The van der Waals surface area contributed by atoms with Gasteiger partial charge in [0.15, 0.2) is 5.78 Å². The first-order chi connectivity index (χ1) is 16.2. The summed E-state index contributed by atoms with van der Waals surface area (Å²) in [6.07, 6.45) is 3.97. The van der Waals surface area contributed by atoms with Crippen LogP contribution < -0.4 is 11.0 Å². The van der Waals surface area contributed by atoms with Crippen LogP contribution in [0.5, 0.6) is 0 Å². The van der Waals surface area contributed by atoms with Crippen LogP contribution in [0.15, 0.2) is 58.4 Å². The number of hydrogen-bond donors (Lipinski definition) is 1. The van der Waals surface area contributed by atoms with Crippen LogP contribution in [0.2, 0.25) is 0 Å². The minimum atomic E-state index is -3.68. The molecule has 1 fully saturated rings. The Morgan fingerprint density at radius 2 is 1.85 bits per heavy atom. The number of nitrogens with zero attached hydrogens (tertiary/aromatic N) is 3. The minimum Gasteiger partial charge on any atom is -0.325 e. The summed E-state index contributed by atoms with van der Waals surface area (Å²) in [7, 11) is -3.68. The number of amides is 1. The van der Waals surface area contributed by atoms with Gasteiger partial charge in [-0.05, 0) is 69.2 Å². The largest absolute Gasteiger partial charge is 0.348 e. The summed E-state index contributed by atoms with van der Waals surface area (Å²) < 4.78 is 29.1. The number of nitrogens with one attached hydrogen (secondary N) is 1. The number of Topliss-reactive ketones (excluding diaryl/α,β-unsaturated/α-hetero) is 1. The van der Waals surface area contributed by atoms with E-state index in [9.17, 15) is 22.8 Å². The summed E-state index contributed by atoms with van der Waals surface area (Å²) in [4.78, 5) is 40.4. The summed E-state index contributed by atoms with van der Waals surface area (Å²) >= 11 is 0. The Balaban J connectivity index is 1.60. The van der Waals surface area contributed by atoms with E-state index in [0.717, 1.165) is 19.3 Å². The first-order valence-electron chi connectivity index (χ1n) is 11.1. The van der Waals surface area contributed by atoms with E-state index < -0.39 is 21.6 Å². The third kappa shape index (κ3) is 4.78. The van der Waals surface area contributed by atoms with E-state index in [0.29, 0.717) is 28.7 Å². The molecule has 2 heterocycles. The average molecular weight is 483 g/mol. The van der Waals surface area contributed by atoms with Crippen LogP contribution in [0, 0.1) is 0 Å². The minimum absolute atomic E-state index is 0.0743. The number of piperidine rings is 1. The predicted molar refractivity (Wildman–Crippen MR) is 128 cm³/mol. The predicted octanol–water partition coefficient (Wildman–Crippen LogP) is 2.80. The maximum absolute atomic E-state index is 13.2. The number of anilines is 1. The van der Waals surface area contributed by atoms with Gasteiger partial charge in [0.2, 0.25) is 15.9 Å². The third-order valence-electron chi connectivity index (χ3n) is 6.06. The number of benzene rings is 2. The van der Waals surface area contributed by atoms with Gasteiger partial charge in [-0.1, -0.05) is 6.42 Å². The van der Waals surface area contributed by atoms with E-state index in [-0.39, 0.29) is 23.3 Å². The lowest BCUT2D eigenvalue weighted by molar-refractivity contribution is -0.116. The van der Waals surface area contributed by atoms with Crippen molar-refractivity contribution >= 4 is 38.3 Å². The molecule has 1 N–H and O–H groups in total. The molecule has 0 bridgehead atoms. The Labute approximate surface area is 197 Å². The molecule has 1 atom stereocenters. The van der Waals surface area contributed by atoms with Gasteiger partial charge in [-0.15, -0.1) is 0 Å². The maximum atomic E-state index is 13.2. The van der Waals surface area contributed by atoms with Crippen molar-refractivity contribution in [3.8, 4) is 0 Å². The third-order valence-corrected chi connectivity index (χ3v) is 8.07. The number of carbonyl (C=O) groups is 2. The molecule has 0 radical (unpaired) electrons. The zero-order chi connectivity index (χ0) is 24.5. The topological polar surface area (TPSA) is 118 Å². The summed E-state index contributed by atoms with van der Waals surface area (Å²) in [6, 6.07) is 10.9. The molecule has 178 valence electrons. The molecule has 0 unspecified atom stereocenters. The number of carbonyl (C=O) groups excluding carboxylic acids is 2. The van der Waals surface area contributed by atoms with Gasteiger partial charge in [0.25, 0.3) is 0 Å². The van der Waals surface area contributed by atoms with Crippen LogP contribution >= 0.6 is 0 Å². The van der Waals surface area contributed by atoms with Gasteiger partial charge in [-0.3, -0.25) is 14.2 Å². The lowest BCUT2D eigenvalue weighted by Gasteiger charge is -2.32. The Kier molecular flexibility index (Phi) is 6.63. The zero-order valence-corrected chi connectivity index (χ0v) is 19.8. The molecule has 4 rings (SSSR count). The van der Waals surface area contributed by atoms with Crippen molar-refractivity contribution in [2.24, 2.45) is 0 Å². The van der Waals surface area contributed by atoms with Crippen molar-refractivity contribution in [2.45, 2.75) is 50.6 Å². The molecule has 2 aromatic carbocycles. The van der Waals surface area contributed by atoms with E-state index in [4.69, 9.17) is 0 Å². The lowest BCUT2D eigenvalue weighted by atomic mass is 10.1. The molecule has 3 aromatic rings. The van der Waals surface area contributed by atoms with Gasteiger partial charge in [0.1, 0.15) is 6.54 Å². The van der Waals surface area contributed by atoms with E-state index in [2.05, 4.69) is 10.3 Å². The number of ketones is 1. The van der Waals surface area contributed by atoms with Crippen molar-refractivity contribution in [2.75, 3.05) is 11.9 Å². The highest BCUT2D eigenvalue weighted by Crippen LogP contribution is 2.27. The molecule has 34 heavy (non-hydrogen) atoms. The van der Waals surface area contributed by atoms with Crippen LogP contribution in [0.25, 0.3) is 10.9 Å². The van der Waals surface area contributed by atoms with Gasteiger partial charge < -0.3 is 5.32 Å². The molecular formula is C24H26N4O5S. The maximum Gasteiger partial charge on any atom is 0.348 e. The molecule has 1 aliphatic heterocycles. The Hall–Kier alpha value is -3.37. The average Bonchev–Trinajstić information content (AvgIpc) is 2.81. The smallest absolute Gasteiger partial charge is 0.325 e. The summed E-state index contributed by atoms with van der Waals surface area (Å²) in [6.45, 7) is 3.54. The Morgan fingerprint density at radius 3 is 2.53 bits per heavy atom. The van der Waals surface area contributed by atoms with Crippen molar-refractivity contribution < 1.29 is 18.0 Å². The van der Waals surface area contributed by atoms with Crippen LogP contribution in [-0.2, 0) is 21.4 Å². The highest BCUT2D eigenvalue weighted by Gasteiger charge is 2.31. The number of aromatic nitrogens is 2. The molecule has 1 aromatic heterocycles. The molecule has 1 amide bonds. The second kappa shape index (κ2) is 9.47. The molecule has 0 spiro atoms. The molecule has 10 heteroatoms. The normalized spacial score (nSPS) is 16.9. The highest BCUT2D eigenvalue weighted by molar-refractivity contribution is 7.89. The standard InChI is InChI=1S/C24H26N4O5S/c1-16-5-3-4-12-28(16)34(32,33)21-10-11-22-19(13-21)14-25-24(31)27(22)15-23(30)26-20-8-6-18(7-9-20)17(2)29/h6-11,13-14,16H,3-5,12,15H2,1-2H3,(H,26,30)/t16-/m1/s1. The van der Waals surface area contributed by atoms with Crippen molar-refractivity contribution in [3.05, 3.63) is 64.7 Å². The summed E-state index contributed by atoms with van der Waals surface area (Å²) in [5.41, 5.74) is 0.806. The molecular weight excluding hydrogens is 456 g/mol. The molecule has 0 aliphatic carbocycles. The van der Waals surface area contributed by atoms with Crippen molar-refractivity contribution in [1.29, 1.82) is 0 Å². The van der Waals surface area contributed by atoms with E-state index in [1.165, 1.54) is 40.2 Å².